The maximum atomic E-state index is 12.8. The lowest BCUT2D eigenvalue weighted by molar-refractivity contribution is -0.118. The topological polar surface area (TPSA) is 80.5 Å². The van der Waals surface area contributed by atoms with E-state index in [4.69, 9.17) is 5.73 Å². The highest BCUT2D eigenvalue weighted by atomic mass is 32.2. The summed E-state index contributed by atoms with van der Waals surface area (Å²) >= 11 is 1.45. The Morgan fingerprint density at radius 2 is 2.00 bits per heavy atom. The van der Waals surface area contributed by atoms with Crippen LogP contribution in [0.1, 0.15) is 35.4 Å². The van der Waals surface area contributed by atoms with E-state index in [9.17, 15) is 13.2 Å². The van der Waals surface area contributed by atoms with Gasteiger partial charge in [-0.25, -0.2) is 8.42 Å². The molecule has 0 aliphatic heterocycles. The molecule has 0 atom stereocenters. The number of rotatable bonds is 5. The molecule has 0 saturated heterocycles. The van der Waals surface area contributed by atoms with Gasteiger partial charge in [-0.3, -0.25) is 4.79 Å². The highest BCUT2D eigenvalue weighted by Gasteiger charge is 2.35. The van der Waals surface area contributed by atoms with Gasteiger partial charge in [0.25, 0.3) is 0 Å². The van der Waals surface area contributed by atoms with Gasteiger partial charge in [-0.1, -0.05) is 12.8 Å². The third-order valence-corrected chi connectivity index (χ3v) is 6.75. The fourth-order valence-corrected chi connectivity index (χ4v) is 5.92. The van der Waals surface area contributed by atoms with Crippen molar-refractivity contribution in [2.24, 2.45) is 5.73 Å². The molecule has 1 fully saturated rings. The van der Waals surface area contributed by atoms with Crippen LogP contribution in [0.5, 0.6) is 0 Å². The summed E-state index contributed by atoms with van der Waals surface area (Å²) in [7, 11) is -3.65. The first-order valence-electron chi connectivity index (χ1n) is 6.69. The Morgan fingerprint density at radius 1 is 1.40 bits per heavy atom. The standard InChI is InChI=1S/C13H20N2O3S2/c1-9-7-12(10(2)19-9)20(17,18)15(8-13(14)16)11-5-3-4-6-11/h7,11H,3-6,8H2,1-2H3,(H2,14,16). The number of sulfonamides is 1. The number of thiophene rings is 1. The molecule has 1 aromatic heterocycles. The van der Waals surface area contributed by atoms with Crippen LogP contribution < -0.4 is 5.73 Å². The van der Waals surface area contributed by atoms with E-state index in [0.29, 0.717) is 4.90 Å². The van der Waals surface area contributed by atoms with Crippen LogP contribution in [0.3, 0.4) is 0 Å². The van der Waals surface area contributed by atoms with E-state index in [0.717, 1.165) is 35.4 Å². The van der Waals surface area contributed by atoms with Gasteiger partial charge in [0.1, 0.15) is 0 Å². The molecular weight excluding hydrogens is 296 g/mol. The Morgan fingerprint density at radius 3 is 2.45 bits per heavy atom. The normalized spacial score (nSPS) is 16.9. The number of primary amides is 1. The molecule has 7 heteroatoms. The predicted molar refractivity (Wildman–Crippen MR) is 79.1 cm³/mol. The second kappa shape index (κ2) is 5.83. The van der Waals surface area contributed by atoms with Gasteiger partial charge in [0, 0.05) is 15.8 Å². The molecule has 20 heavy (non-hydrogen) atoms. The largest absolute Gasteiger partial charge is 0.369 e. The summed E-state index contributed by atoms with van der Waals surface area (Å²) in [5.41, 5.74) is 5.24. The minimum atomic E-state index is -3.65. The van der Waals surface area contributed by atoms with Crippen molar-refractivity contribution in [1.29, 1.82) is 0 Å². The lowest BCUT2D eigenvalue weighted by Crippen LogP contribution is -2.44. The zero-order valence-corrected chi connectivity index (χ0v) is 13.4. The van der Waals surface area contributed by atoms with Gasteiger partial charge in [0.2, 0.25) is 15.9 Å². The molecule has 1 amide bonds. The fraction of sp³-hybridized carbons (Fsp3) is 0.615. The zero-order chi connectivity index (χ0) is 14.9. The Hall–Kier alpha value is -0.920. The van der Waals surface area contributed by atoms with Crippen LogP contribution in [0.15, 0.2) is 11.0 Å². The maximum Gasteiger partial charge on any atom is 0.244 e. The molecule has 1 aliphatic carbocycles. The minimum absolute atomic E-state index is 0.105. The fourth-order valence-electron chi connectivity index (χ4n) is 2.75. The van der Waals surface area contributed by atoms with Crippen LogP contribution in [0.2, 0.25) is 0 Å². The van der Waals surface area contributed by atoms with E-state index in [1.54, 1.807) is 13.0 Å². The van der Waals surface area contributed by atoms with Gasteiger partial charge in [0.15, 0.2) is 0 Å². The number of hydrogen-bond donors (Lipinski definition) is 1. The first kappa shape index (κ1) is 15.5. The molecule has 2 rings (SSSR count). The van der Waals surface area contributed by atoms with Crippen molar-refractivity contribution in [3.05, 3.63) is 15.8 Å². The van der Waals surface area contributed by atoms with Gasteiger partial charge in [-0.2, -0.15) is 4.31 Å². The molecule has 0 aromatic carbocycles. The SMILES string of the molecule is Cc1cc(S(=O)(=O)N(CC(N)=O)C2CCCC2)c(C)s1. The van der Waals surface area contributed by atoms with Crippen LogP contribution in [-0.4, -0.2) is 31.2 Å². The quantitative estimate of drug-likeness (QED) is 0.899. The number of aryl methyl sites for hydroxylation is 2. The van der Waals surface area contributed by atoms with E-state index in [-0.39, 0.29) is 12.6 Å². The van der Waals surface area contributed by atoms with E-state index in [2.05, 4.69) is 0 Å². The van der Waals surface area contributed by atoms with Crippen molar-refractivity contribution in [3.63, 3.8) is 0 Å². The van der Waals surface area contributed by atoms with Crippen LogP contribution in [0.25, 0.3) is 0 Å². The second-order valence-electron chi connectivity index (χ2n) is 5.23. The Labute approximate surface area is 123 Å². The third kappa shape index (κ3) is 3.05. The summed E-state index contributed by atoms with van der Waals surface area (Å²) in [5, 5.41) is 0. The number of carbonyl (C=O) groups is 1. The van der Waals surface area contributed by atoms with Crippen molar-refractivity contribution < 1.29 is 13.2 Å². The zero-order valence-electron chi connectivity index (χ0n) is 11.8. The summed E-state index contributed by atoms with van der Waals surface area (Å²) in [4.78, 5) is 13.3. The molecule has 1 aromatic rings. The molecule has 2 N–H and O–H groups in total. The van der Waals surface area contributed by atoms with Crippen molar-refractivity contribution in [3.8, 4) is 0 Å². The number of amides is 1. The molecule has 1 heterocycles. The van der Waals surface area contributed by atoms with Crippen LogP contribution in [-0.2, 0) is 14.8 Å². The number of nitrogens with zero attached hydrogens (tertiary/aromatic N) is 1. The van der Waals surface area contributed by atoms with Crippen molar-refractivity contribution in [2.45, 2.75) is 50.5 Å². The Bertz CT molecular complexity index is 601. The third-order valence-electron chi connectivity index (χ3n) is 3.63. The average molecular weight is 316 g/mol. The monoisotopic (exact) mass is 316 g/mol. The van der Waals surface area contributed by atoms with Crippen LogP contribution >= 0.6 is 11.3 Å². The van der Waals surface area contributed by atoms with Crippen LogP contribution in [0.4, 0.5) is 0 Å². The van der Waals surface area contributed by atoms with Crippen molar-refractivity contribution in [2.75, 3.05) is 6.54 Å². The molecule has 0 unspecified atom stereocenters. The minimum Gasteiger partial charge on any atom is -0.369 e. The Kier molecular flexibility index (Phi) is 4.51. The lowest BCUT2D eigenvalue weighted by atomic mass is 10.2. The predicted octanol–water partition coefficient (Wildman–Crippen LogP) is 1.78. The summed E-state index contributed by atoms with van der Waals surface area (Å²) in [5.74, 6) is -0.606. The van der Waals surface area contributed by atoms with Gasteiger partial charge in [-0.15, -0.1) is 11.3 Å². The highest BCUT2D eigenvalue weighted by molar-refractivity contribution is 7.89. The molecule has 1 saturated carbocycles. The highest BCUT2D eigenvalue weighted by Crippen LogP contribution is 2.32. The second-order valence-corrected chi connectivity index (χ2v) is 8.55. The van der Waals surface area contributed by atoms with Crippen molar-refractivity contribution >= 4 is 27.3 Å². The van der Waals surface area contributed by atoms with Gasteiger partial charge < -0.3 is 5.73 Å². The van der Waals surface area contributed by atoms with Crippen molar-refractivity contribution in [1.82, 2.24) is 4.31 Å². The molecule has 0 spiro atoms. The maximum absolute atomic E-state index is 12.8. The number of nitrogens with two attached hydrogens (primary N) is 1. The molecular formula is C13H20N2O3S2. The number of carbonyl (C=O) groups excluding carboxylic acids is 1. The smallest absolute Gasteiger partial charge is 0.244 e. The summed E-state index contributed by atoms with van der Waals surface area (Å²) in [6.45, 7) is 3.44. The first-order valence-corrected chi connectivity index (χ1v) is 8.95. The van der Waals surface area contributed by atoms with Gasteiger partial charge in [-0.05, 0) is 32.8 Å². The molecule has 0 radical (unpaired) electrons. The van der Waals surface area contributed by atoms with E-state index in [1.165, 1.54) is 15.6 Å². The number of hydrogen-bond acceptors (Lipinski definition) is 4. The van der Waals surface area contributed by atoms with Crippen LogP contribution in [0, 0.1) is 13.8 Å². The molecule has 0 bridgehead atoms. The van der Waals surface area contributed by atoms with E-state index >= 15 is 0 Å². The molecule has 112 valence electrons. The van der Waals surface area contributed by atoms with E-state index < -0.39 is 15.9 Å². The van der Waals surface area contributed by atoms with Gasteiger partial charge >= 0.3 is 0 Å². The lowest BCUT2D eigenvalue weighted by Gasteiger charge is -2.26. The first-order chi connectivity index (χ1) is 9.32. The summed E-state index contributed by atoms with van der Waals surface area (Å²) in [6, 6.07) is 1.57. The van der Waals surface area contributed by atoms with E-state index in [1.807, 2.05) is 6.92 Å². The molecule has 5 nitrogen and oxygen atoms in total. The molecule has 1 aliphatic rings. The average Bonchev–Trinajstić information content (AvgIpc) is 2.95. The summed E-state index contributed by atoms with van der Waals surface area (Å²) in [6.07, 6.45) is 3.59. The van der Waals surface area contributed by atoms with Gasteiger partial charge in [0.05, 0.1) is 11.4 Å². The Balaban J connectivity index is 2.40. The summed E-state index contributed by atoms with van der Waals surface area (Å²) < 4.78 is 26.9.